The van der Waals surface area contributed by atoms with Gasteiger partial charge in [0.2, 0.25) is 5.89 Å². The van der Waals surface area contributed by atoms with Crippen LogP contribution in [0.25, 0.3) is 0 Å². The van der Waals surface area contributed by atoms with Gasteiger partial charge < -0.3 is 14.3 Å². The van der Waals surface area contributed by atoms with E-state index in [4.69, 9.17) is 9.15 Å². The molecule has 0 spiro atoms. The highest BCUT2D eigenvalue weighted by Crippen LogP contribution is 2.39. The van der Waals surface area contributed by atoms with Crippen LogP contribution >= 0.6 is 0 Å². The quantitative estimate of drug-likeness (QED) is 0.641. The summed E-state index contributed by atoms with van der Waals surface area (Å²) in [7, 11) is 0. The Morgan fingerprint density at radius 3 is 2.19 bits per heavy atom. The molecule has 1 N–H and O–H groups in total. The van der Waals surface area contributed by atoms with Crippen molar-refractivity contribution in [3.8, 4) is 0 Å². The highest BCUT2D eigenvalue weighted by molar-refractivity contribution is 5.69. The first kappa shape index (κ1) is 21.1. The van der Waals surface area contributed by atoms with Gasteiger partial charge in [-0.25, -0.2) is 9.78 Å². The van der Waals surface area contributed by atoms with Crippen LogP contribution in [0.2, 0.25) is 0 Å². The second kappa shape index (κ2) is 8.19. The second-order valence-electron chi connectivity index (χ2n) is 8.85. The van der Waals surface area contributed by atoms with E-state index < -0.39 is 11.2 Å². The third kappa shape index (κ3) is 4.21. The Hall–Kier alpha value is -3.12. The van der Waals surface area contributed by atoms with Crippen LogP contribution in [0.15, 0.2) is 71.3 Å². The summed E-state index contributed by atoms with van der Waals surface area (Å²) in [6.07, 6.45) is 2.68. The van der Waals surface area contributed by atoms with Crippen molar-refractivity contribution >= 4 is 6.09 Å². The first-order valence-electron chi connectivity index (χ1n) is 10.6. The number of amides is 1. The van der Waals surface area contributed by atoms with Crippen LogP contribution in [0.5, 0.6) is 0 Å². The van der Waals surface area contributed by atoms with E-state index in [1.807, 2.05) is 81.4 Å². The lowest BCUT2D eigenvalue weighted by molar-refractivity contribution is 0.0204. The van der Waals surface area contributed by atoms with E-state index in [1.165, 1.54) is 6.26 Å². The number of rotatable bonds is 4. The maximum atomic E-state index is 12.7. The predicted molar refractivity (Wildman–Crippen MR) is 116 cm³/mol. The largest absolute Gasteiger partial charge is 0.446 e. The normalized spacial score (nSPS) is 17.0. The fourth-order valence-corrected chi connectivity index (χ4v) is 3.99. The zero-order chi connectivity index (χ0) is 22.1. The molecule has 6 nitrogen and oxygen atoms in total. The molecule has 1 aliphatic heterocycles. The molecule has 1 fully saturated rings. The zero-order valence-electron chi connectivity index (χ0n) is 18.1. The van der Waals surface area contributed by atoms with Gasteiger partial charge in [-0.05, 0) is 44.7 Å². The highest BCUT2D eigenvalue weighted by Gasteiger charge is 2.40. The Morgan fingerprint density at radius 1 is 1.06 bits per heavy atom. The van der Waals surface area contributed by atoms with E-state index in [0.717, 1.165) is 12.8 Å². The molecule has 1 saturated heterocycles. The number of hydrogen-bond acceptors (Lipinski definition) is 5. The lowest BCUT2D eigenvalue weighted by Crippen LogP contribution is -2.36. The average Bonchev–Trinajstić information content (AvgIpc) is 3.43. The summed E-state index contributed by atoms with van der Waals surface area (Å²) < 4.78 is 11.4. The van der Waals surface area contributed by atoms with Gasteiger partial charge in [0.15, 0.2) is 5.60 Å². The summed E-state index contributed by atoms with van der Waals surface area (Å²) in [5.41, 5.74) is -0.282. The molecule has 4 rings (SSSR count). The van der Waals surface area contributed by atoms with Gasteiger partial charge in [0.25, 0.3) is 0 Å². The van der Waals surface area contributed by atoms with E-state index in [1.54, 1.807) is 4.90 Å². The zero-order valence-corrected chi connectivity index (χ0v) is 18.1. The molecule has 2 heterocycles. The van der Waals surface area contributed by atoms with Gasteiger partial charge in [-0.15, -0.1) is 0 Å². The van der Waals surface area contributed by atoms with Crippen molar-refractivity contribution in [3.05, 3.63) is 89.6 Å². The van der Waals surface area contributed by atoms with Crippen LogP contribution in [0, 0.1) is 0 Å². The van der Waals surface area contributed by atoms with Crippen LogP contribution in [-0.2, 0) is 10.3 Å². The lowest BCUT2D eigenvalue weighted by Gasteiger charge is -2.28. The van der Waals surface area contributed by atoms with Crippen LogP contribution in [-0.4, -0.2) is 33.2 Å². The number of benzene rings is 2. The number of likely N-dealkylation sites (tertiary alicyclic amines) is 1. The number of aliphatic hydroxyl groups is 1. The summed E-state index contributed by atoms with van der Waals surface area (Å²) >= 11 is 0. The van der Waals surface area contributed by atoms with E-state index in [9.17, 15) is 9.90 Å². The van der Waals surface area contributed by atoms with E-state index in [0.29, 0.717) is 29.3 Å². The second-order valence-corrected chi connectivity index (χ2v) is 8.85. The average molecular weight is 421 g/mol. The Bertz CT molecular complexity index is 985. The molecule has 1 unspecified atom stereocenters. The van der Waals surface area contributed by atoms with Crippen molar-refractivity contribution in [1.29, 1.82) is 0 Å². The SMILES string of the molecule is CC(C)(C)OC(=O)N1CCCC1c1nc(C(O)(c2ccccc2)c2ccccc2)co1. The molecule has 1 aliphatic rings. The topological polar surface area (TPSA) is 75.8 Å². The standard InChI is InChI=1S/C25H28N2O4/c1-24(2,3)31-23(28)27-16-10-15-20(27)22-26-21(17-30-22)25(29,18-11-6-4-7-12-18)19-13-8-5-9-14-19/h4-9,11-14,17,20,29H,10,15-16H2,1-3H3. The molecule has 6 heteroatoms. The van der Waals surface area contributed by atoms with Gasteiger partial charge >= 0.3 is 6.09 Å². The van der Waals surface area contributed by atoms with Gasteiger partial charge in [0.05, 0.1) is 0 Å². The fraction of sp³-hybridized carbons (Fsp3) is 0.360. The minimum atomic E-state index is -1.47. The van der Waals surface area contributed by atoms with Crippen LogP contribution in [0.1, 0.15) is 62.4 Å². The van der Waals surface area contributed by atoms with Crippen molar-refractivity contribution < 1.29 is 19.1 Å². The Kier molecular flexibility index (Phi) is 5.58. The minimum Gasteiger partial charge on any atom is -0.446 e. The van der Waals surface area contributed by atoms with E-state index in [-0.39, 0.29) is 12.1 Å². The summed E-state index contributed by atoms with van der Waals surface area (Å²) in [5.74, 6) is 0.406. The minimum absolute atomic E-state index is 0.320. The van der Waals surface area contributed by atoms with Crippen LogP contribution in [0.4, 0.5) is 4.79 Å². The maximum absolute atomic E-state index is 12.7. The van der Waals surface area contributed by atoms with Gasteiger partial charge in [-0.3, -0.25) is 4.90 Å². The Balaban J connectivity index is 1.70. The first-order chi connectivity index (χ1) is 14.8. The molecule has 1 aromatic heterocycles. The van der Waals surface area contributed by atoms with Gasteiger partial charge in [-0.2, -0.15) is 0 Å². The summed E-state index contributed by atoms with van der Waals surface area (Å²) in [5, 5.41) is 11.9. The third-order valence-corrected chi connectivity index (χ3v) is 5.44. The van der Waals surface area contributed by atoms with Crippen molar-refractivity contribution in [3.63, 3.8) is 0 Å². The number of ether oxygens (including phenoxy) is 1. The molecule has 0 aliphatic carbocycles. The first-order valence-corrected chi connectivity index (χ1v) is 10.6. The number of hydrogen-bond donors (Lipinski definition) is 1. The predicted octanol–water partition coefficient (Wildman–Crippen LogP) is 5.03. The fourth-order valence-electron chi connectivity index (χ4n) is 3.99. The summed E-state index contributed by atoms with van der Waals surface area (Å²) in [6, 6.07) is 18.5. The van der Waals surface area contributed by atoms with Gasteiger partial charge in [0.1, 0.15) is 23.6 Å². The highest BCUT2D eigenvalue weighted by atomic mass is 16.6. The molecule has 0 radical (unpaired) electrons. The molecule has 1 atom stereocenters. The van der Waals surface area contributed by atoms with Crippen LogP contribution in [0.3, 0.4) is 0 Å². The van der Waals surface area contributed by atoms with Gasteiger partial charge in [-0.1, -0.05) is 60.7 Å². The molecule has 31 heavy (non-hydrogen) atoms. The summed E-state index contributed by atoms with van der Waals surface area (Å²) in [6.45, 7) is 6.12. The summed E-state index contributed by atoms with van der Waals surface area (Å²) in [4.78, 5) is 19.0. The van der Waals surface area contributed by atoms with E-state index in [2.05, 4.69) is 4.98 Å². The number of carbonyl (C=O) groups is 1. The molecule has 0 bridgehead atoms. The van der Waals surface area contributed by atoms with Crippen molar-refractivity contribution in [2.75, 3.05) is 6.54 Å². The number of oxazole rings is 1. The maximum Gasteiger partial charge on any atom is 0.410 e. The lowest BCUT2D eigenvalue weighted by atomic mass is 9.84. The smallest absolute Gasteiger partial charge is 0.410 e. The molecule has 162 valence electrons. The molecular formula is C25H28N2O4. The van der Waals surface area contributed by atoms with Crippen molar-refractivity contribution in [2.24, 2.45) is 0 Å². The number of carbonyl (C=O) groups excluding carboxylic acids is 1. The van der Waals surface area contributed by atoms with Crippen molar-refractivity contribution in [1.82, 2.24) is 9.88 Å². The van der Waals surface area contributed by atoms with Gasteiger partial charge in [0, 0.05) is 6.54 Å². The molecule has 0 saturated carbocycles. The molecule has 3 aromatic rings. The van der Waals surface area contributed by atoms with Crippen molar-refractivity contribution in [2.45, 2.75) is 50.9 Å². The van der Waals surface area contributed by atoms with Crippen LogP contribution < -0.4 is 0 Å². The molecule has 2 aromatic carbocycles. The Labute approximate surface area is 182 Å². The molecular weight excluding hydrogens is 392 g/mol. The van der Waals surface area contributed by atoms with E-state index >= 15 is 0 Å². The third-order valence-electron chi connectivity index (χ3n) is 5.44. The Morgan fingerprint density at radius 2 is 1.65 bits per heavy atom. The monoisotopic (exact) mass is 420 g/mol. The number of aromatic nitrogens is 1. The number of nitrogens with zero attached hydrogens (tertiary/aromatic N) is 2. The molecule has 1 amide bonds.